The van der Waals surface area contributed by atoms with Crippen molar-refractivity contribution < 1.29 is 5.11 Å². The number of phenolic OH excluding ortho intramolecular Hbond substituents is 1. The Bertz CT molecular complexity index is 315. The van der Waals surface area contributed by atoms with Crippen LogP contribution in [0.3, 0.4) is 0 Å². The standard InChI is InChI=1S/C13H20ClNO/c1-2-3-4-5-9-15-10-11-7-6-8-12(14)13(11)16/h6-8,15-16H,2-5,9-10H2,1H3. The minimum absolute atomic E-state index is 0.199. The van der Waals surface area contributed by atoms with Crippen LogP contribution in [0.25, 0.3) is 0 Å². The number of phenols is 1. The summed E-state index contributed by atoms with van der Waals surface area (Å²) in [5.41, 5.74) is 0.864. The largest absolute Gasteiger partial charge is 0.506 e. The smallest absolute Gasteiger partial charge is 0.138 e. The molecule has 0 spiro atoms. The van der Waals surface area contributed by atoms with E-state index in [9.17, 15) is 5.11 Å². The highest BCUT2D eigenvalue weighted by Crippen LogP contribution is 2.26. The average Bonchev–Trinajstić information content (AvgIpc) is 2.29. The van der Waals surface area contributed by atoms with E-state index in [1.807, 2.05) is 12.1 Å². The van der Waals surface area contributed by atoms with Crippen LogP contribution < -0.4 is 5.32 Å². The van der Waals surface area contributed by atoms with Crippen LogP contribution in [0.1, 0.15) is 38.2 Å². The monoisotopic (exact) mass is 241 g/mol. The molecular formula is C13H20ClNO. The summed E-state index contributed by atoms with van der Waals surface area (Å²) in [4.78, 5) is 0. The quantitative estimate of drug-likeness (QED) is 0.714. The summed E-state index contributed by atoms with van der Waals surface area (Å²) in [6.45, 7) is 3.88. The molecule has 0 heterocycles. The fourth-order valence-corrected chi connectivity index (χ4v) is 1.80. The van der Waals surface area contributed by atoms with Crippen LogP contribution in [-0.2, 0) is 6.54 Å². The summed E-state index contributed by atoms with van der Waals surface area (Å²) in [7, 11) is 0. The maximum absolute atomic E-state index is 9.67. The summed E-state index contributed by atoms with van der Waals surface area (Å²) in [5, 5.41) is 13.4. The van der Waals surface area contributed by atoms with Crippen molar-refractivity contribution in [1.82, 2.24) is 5.32 Å². The minimum Gasteiger partial charge on any atom is -0.506 e. The molecule has 1 aromatic rings. The van der Waals surface area contributed by atoms with E-state index < -0.39 is 0 Å². The Morgan fingerprint density at radius 2 is 2.06 bits per heavy atom. The SMILES string of the molecule is CCCCCCNCc1cccc(Cl)c1O. The molecule has 2 nitrogen and oxygen atoms in total. The molecule has 0 bridgehead atoms. The first-order valence-electron chi connectivity index (χ1n) is 5.92. The van der Waals surface area contributed by atoms with Crippen molar-refractivity contribution in [2.24, 2.45) is 0 Å². The van der Waals surface area contributed by atoms with Gasteiger partial charge in [-0.1, -0.05) is 49.9 Å². The number of hydrogen-bond acceptors (Lipinski definition) is 2. The third-order valence-electron chi connectivity index (χ3n) is 2.59. The molecule has 0 fully saturated rings. The molecule has 1 aromatic carbocycles. The predicted molar refractivity (Wildman–Crippen MR) is 69.0 cm³/mol. The molecule has 0 saturated heterocycles. The van der Waals surface area contributed by atoms with Crippen LogP contribution in [0, 0.1) is 0 Å². The molecule has 1 rings (SSSR count). The van der Waals surface area contributed by atoms with Gasteiger partial charge < -0.3 is 10.4 Å². The normalized spacial score (nSPS) is 10.6. The molecule has 0 aliphatic rings. The number of unbranched alkanes of at least 4 members (excludes halogenated alkanes) is 3. The van der Waals surface area contributed by atoms with E-state index in [1.54, 1.807) is 6.07 Å². The maximum atomic E-state index is 9.67. The lowest BCUT2D eigenvalue weighted by Crippen LogP contribution is -2.14. The highest BCUT2D eigenvalue weighted by atomic mass is 35.5. The highest BCUT2D eigenvalue weighted by molar-refractivity contribution is 6.32. The number of nitrogens with one attached hydrogen (secondary N) is 1. The van der Waals surface area contributed by atoms with Gasteiger partial charge in [0.05, 0.1) is 5.02 Å². The summed E-state index contributed by atoms with van der Waals surface area (Å²) in [6, 6.07) is 5.44. The van der Waals surface area contributed by atoms with Crippen molar-refractivity contribution >= 4 is 11.6 Å². The molecule has 0 aliphatic carbocycles. The number of rotatable bonds is 7. The van der Waals surface area contributed by atoms with Crippen LogP contribution in [-0.4, -0.2) is 11.7 Å². The van der Waals surface area contributed by atoms with Gasteiger partial charge in [-0.15, -0.1) is 0 Å². The third-order valence-corrected chi connectivity index (χ3v) is 2.90. The second-order valence-electron chi connectivity index (χ2n) is 3.99. The molecule has 16 heavy (non-hydrogen) atoms. The topological polar surface area (TPSA) is 32.3 Å². The summed E-state index contributed by atoms with van der Waals surface area (Å²) < 4.78 is 0. The van der Waals surface area contributed by atoms with Gasteiger partial charge >= 0.3 is 0 Å². The molecule has 0 unspecified atom stereocenters. The van der Waals surface area contributed by atoms with E-state index in [-0.39, 0.29) is 5.75 Å². The first-order chi connectivity index (χ1) is 7.75. The molecule has 90 valence electrons. The molecule has 2 N–H and O–H groups in total. The number of aromatic hydroxyl groups is 1. The van der Waals surface area contributed by atoms with Gasteiger partial charge in [-0.2, -0.15) is 0 Å². The van der Waals surface area contributed by atoms with Crippen LogP contribution in [0.5, 0.6) is 5.75 Å². The summed E-state index contributed by atoms with van der Waals surface area (Å²) in [6.07, 6.45) is 5.01. The summed E-state index contributed by atoms with van der Waals surface area (Å²) in [5.74, 6) is 0.199. The molecule has 0 aromatic heterocycles. The molecule has 0 amide bonds. The first kappa shape index (κ1) is 13.3. The van der Waals surface area contributed by atoms with Crippen LogP contribution in [0.15, 0.2) is 18.2 Å². The minimum atomic E-state index is 0.199. The summed E-state index contributed by atoms with van der Waals surface area (Å²) >= 11 is 5.82. The van der Waals surface area contributed by atoms with Gasteiger partial charge in [0.15, 0.2) is 0 Å². The third kappa shape index (κ3) is 4.42. The Balaban J connectivity index is 2.24. The van der Waals surface area contributed by atoms with E-state index in [0.29, 0.717) is 11.6 Å². The van der Waals surface area contributed by atoms with E-state index in [0.717, 1.165) is 12.1 Å². The molecule has 3 heteroatoms. The first-order valence-corrected chi connectivity index (χ1v) is 6.30. The Hall–Kier alpha value is -0.730. The van der Waals surface area contributed by atoms with Crippen molar-refractivity contribution in [3.05, 3.63) is 28.8 Å². The van der Waals surface area contributed by atoms with Gasteiger partial charge in [-0.25, -0.2) is 0 Å². The number of hydrogen-bond donors (Lipinski definition) is 2. The zero-order chi connectivity index (χ0) is 11.8. The molecule has 0 radical (unpaired) electrons. The van der Waals surface area contributed by atoms with Gasteiger partial charge in [-0.05, 0) is 19.0 Å². The zero-order valence-electron chi connectivity index (χ0n) is 9.80. The number of para-hydroxylation sites is 1. The molecule has 0 aliphatic heterocycles. The number of halogens is 1. The lowest BCUT2D eigenvalue weighted by Gasteiger charge is -2.07. The van der Waals surface area contributed by atoms with Crippen molar-refractivity contribution in [1.29, 1.82) is 0 Å². The zero-order valence-corrected chi connectivity index (χ0v) is 10.6. The van der Waals surface area contributed by atoms with Gasteiger partial charge in [0.1, 0.15) is 5.75 Å². The molecular weight excluding hydrogens is 222 g/mol. The second kappa shape index (κ2) is 7.53. The van der Waals surface area contributed by atoms with E-state index >= 15 is 0 Å². The average molecular weight is 242 g/mol. The lowest BCUT2D eigenvalue weighted by molar-refractivity contribution is 0.464. The molecule has 0 saturated carbocycles. The fraction of sp³-hybridized carbons (Fsp3) is 0.538. The molecule has 0 atom stereocenters. The van der Waals surface area contributed by atoms with E-state index in [1.165, 1.54) is 25.7 Å². The van der Waals surface area contributed by atoms with Gasteiger partial charge in [-0.3, -0.25) is 0 Å². The predicted octanol–water partition coefficient (Wildman–Crippen LogP) is 3.72. The van der Waals surface area contributed by atoms with Crippen LogP contribution in [0.2, 0.25) is 5.02 Å². The Labute approximate surface area is 103 Å². The van der Waals surface area contributed by atoms with Gasteiger partial charge in [0, 0.05) is 12.1 Å². The highest BCUT2D eigenvalue weighted by Gasteiger charge is 2.03. The van der Waals surface area contributed by atoms with Gasteiger partial charge in [0.2, 0.25) is 0 Å². The second-order valence-corrected chi connectivity index (χ2v) is 4.39. The van der Waals surface area contributed by atoms with Crippen molar-refractivity contribution in [3.63, 3.8) is 0 Å². The maximum Gasteiger partial charge on any atom is 0.138 e. The van der Waals surface area contributed by atoms with Crippen molar-refractivity contribution in [2.75, 3.05) is 6.54 Å². The van der Waals surface area contributed by atoms with Crippen molar-refractivity contribution in [2.45, 2.75) is 39.2 Å². The van der Waals surface area contributed by atoms with Crippen LogP contribution >= 0.6 is 11.6 Å². The van der Waals surface area contributed by atoms with E-state index in [2.05, 4.69) is 12.2 Å². The van der Waals surface area contributed by atoms with Crippen LogP contribution in [0.4, 0.5) is 0 Å². The Kier molecular flexibility index (Phi) is 6.27. The van der Waals surface area contributed by atoms with Gasteiger partial charge in [0.25, 0.3) is 0 Å². The fourth-order valence-electron chi connectivity index (χ4n) is 1.60. The van der Waals surface area contributed by atoms with E-state index in [4.69, 9.17) is 11.6 Å². The Morgan fingerprint density at radius 3 is 2.81 bits per heavy atom. The Morgan fingerprint density at radius 1 is 1.25 bits per heavy atom. The lowest BCUT2D eigenvalue weighted by atomic mass is 10.2. The number of benzene rings is 1. The van der Waals surface area contributed by atoms with Crippen molar-refractivity contribution in [3.8, 4) is 5.75 Å².